The maximum atomic E-state index is 5.91. The molecule has 0 spiro atoms. The van der Waals surface area contributed by atoms with Gasteiger partial charge in [-0.3, -0.25) is 0 Å². The highest BCUT2D eigenvalue weighted by Gasteiger charge is 2.39. The van der Waals surface area contributed by atoms with Crippen LogP contribution in [0, 0.1) is 0 Å². The fourth-order valence-corrected chi connectivity index (χ4v) is 2.91. The topological polar surface area (TPSA) is 9.23 Å². The molecule has 2 rings (SSSR count). The number of unbranched alkanes of at least 4 members (excludes halogenated alkanes) is 1. The molecule has 1 aromatic carbocycles. The summed E-state index contributed by atoms with van der Waals surface area (Å²) in [5.41, 5.74) is 1.60. The van der Waals surface area contributed by atoms with Crippen molar-refractivity contribution in [2.75, 3.05) is 6.61 Å². The van der Waals surface area contributed by atoms with E-state index in [4.69, 9.17) is 4.74 Å². The van der Waals surface area contributed by atoms with Crippen molar-refractivity contribution < 1.29 is 4.74 Å². The lowest BCUT2D eigenvalue weighted by atomic mass is 9.75. The Bertz CT molecular complexity index is 420. The standard InChI is InChI=1S/C16H21BrO/c1-3-4-10-16(14-8-6-5-7-9-14)11-15(13(2)17)18-12-16/h5-9H,3-4,10-12H2,1-2H3/b15-13+. The first-order chi connectivity index (χ1) is 8.68. The third-order valence-electron chi connectivity index (χ3n) is 3.80. The van der Waals surface area contributed by atoms with Crippen LogP contribution in [0.5, 0.6) is 0 Å². The summed E-state index contributed by atoms with van der Waals surface area (Å²) in [5, 5.41) is 0. The summed E-state index contributed by atoms with van der Waals surface area (Å²) >= 11 is 3.55. The number of ether oxygens (including phenoxy) is 1. The van der Waals surface area contributed by atoms with E-state index in [0.717, 1.165) is 23.3 Å². The lowest BCUT2D eigenvalue weighted by Gasteiger charge is -2.27. The Kier molecular flexibility index (Phi) is 4.50. The first-order valence-corrected chi connectivity index (χ1v) is 7.51. The largest absolute Gasteiger partial charge is 0.496 e. The van der Waals surface area contributed by atoms with Crippen LogP contribution in [0.15, 0.2) is 40.6 Å². The van der Waals surface area contributed by atoms with Crippen LogP contribution < -0.4 is 0 Å². The number of hydrogen-bond acceptors (Lipinski definition) is 1. The lowest BCUT2D eigenvalue weighted by Crippen LogP contribution is -2.26. The van der Waals surface area contributed by atoms with Gasteiger partial charge in [0.05, 0.1) is 6.61 Å². The second kappa shape index (κ2) is 5.92. The van der Waals surface area contributed by atoms with Crippen molar-refractivity contribution in [3.8, 4) is 0 Å². The van der Waals surface area contributed by atoms with Crippen molar-refractivity contribution in [2.24, 2.45) is 0 Å². The van der Waals surface area contributed by atoms with E-state index < -0.39 is 0 Å². The van der Waals surface area contributed by atoms with Crippen molar-refractivity contribution in [3.05, 3.63) is 46.1 Å². The molecular weight excluding hydrogens is 288 g/mol. The number of halogens is 1. The summed E-state index contributed by atoms with van der Waals surface area (Å²) in [6.45, 7) is 5.13. The Labute approximate surface area is 118 Å². The highest BCUT2D eigenvalue weighted by atomic mass is 79.9. The first kappa shape index (κ1) is 13.7. The summed E-state index contributed by atoms with van der Waals surface area (Å²) in [5.74, 6) is 1.12. The van der Waals surface area contributed by atoms with E-state index in [2.05, 4.69) is 60.1 Å². The SMILES string of the molecule is CCCCC1(c2ccccc2)CO/C(=C(\C)Br)C1. The van der Waals surface area contributed by atoms with E-state index in [0.29, 0.717) is 0 Å². The Morgan fingerprint density at radius 1 is 1.33 bits per heavy atom. The molecule has 1 aliphatic heterocycles. The zero-order valence-corrected chi connectivity index (χ0v) is 12.8. The Morgan fingerprint density at radius 2 is 2.06 bits per heavy atom. The van der Waals surface area contributed by atoms with E-state index >= 15 is 0 Å². The molecule has 1 atom stereocenters. The molecule has 1 nitrogen and oxygen atoms in total. The molecule has 0 radical (unpaired) electrons. The fourth-order valence-electron chi connectivity index (χ4n) is 2.65. The van der Waals surface area contributed by atoms with Crippen molar-refractivity contribution in [1.82, 2.24) is 0 Å². The van der Waals surface area contributed by atoms with E-state index in [9.17, 15) is 0 Å². The van der Waals surface area contributed by atoms with Gasteiger partial charge in [0.2, 0.25) is 0 Å². The minimum Gasteiger partial charge on any atom is -0.496 e. The van der Waals surface area contributed by atoms with Crippen molar-refractivity contribution in [1.29, 1.82) is 0 Å². The third-order valence-corrected chi connectivity index (χ3v) is 4.24. The number of benzene rings is 1. The molecule has 2 heteroatoms. The predicted molar refractivity (Wildman–Crippen MR) is 79.8 cm³/mol. The maximum Gasteiger partial charge on any atom is 0.107 e. The van der Waals surface area contributed by atoms with Gasteiger partial charge < -0.3 is 4.74 Å². The zero-order valence-electron chi connectivity index (χ0n) is 11.2. The second-order valence-corrected chi connectivity index (χ2v) is 6.36. The molecule has 0 saturated carbocycles. The Balaban J connectivity index is 2.29. The van der Waals surface area contributed by atoms with Gasteiger partial charge in [-0.15, -0.1) is 0 Å². The van der Waals surface area contributed by atoms with E-state index in [1.807, 2.05) is 0 Å². The van der Waals surface area contributed by atoms with Gasteiger partial charge in [-0.25, -0.2) is 0 Å². The number of rotatable bonds is 4. The predicted octanol–water partition coefficient (Wildman–Crippen LogP) is 5.16. The summed E-state index contributed by atoms with van der Waals surface area (Å²) in [6.07, 6.45) is 4.72. The molecule has 98 valence electrons. The second-order valence-electron chi connectivity index (χ2n) is 5.17. The lowest BCUT2D eigenvalue weighted by molar-refractivity contribution is 0.216. The van der Waals surface area contributed by atoms with E-state index in [-0.39, 0.29) is 5.41 Å². The van der Waals surface area contributed by atoms with Crippen LogP contribution in [0.25, 0.3) is 0 Å². The van der Waals surface area contributed by atoms with Crippen molar-refractivity contribution in [2.45, 2.75) is 44.9 Å². The highest BCUT2D eigenvalue weighted by Crippen LogP contribution is 2.43. The van der Waals surface area contributed by atoms with Crippen LogP contribution in [0.4, 0.5) is 0 Å². The molecule has 1 saturated heterocycles. The van der Waals surface area contributed by atoms with Gasteiger partial charge in [-0.05, 0) is 18.9 Å². The van der Waals surface area contributed by atoms with Crippen LogP contribution in [-0.2, 0) is 10.2 Å². The maximum absolute atomic E-state index is 5.91. The monoisotopic (exact) mass is 308 g/mol. The minimum absolute atomic E-state index is 0.182. The Morgan fingerprint density at radius 3 is 2.61 bits per heavy atom. The number of allylic oxidation sites excluding steroid dienone is 2. The van der Waals surface area contributed by atoms with Crippen LogP contribution in [0.2, 0.25) is 0 Å². The third kappa shape index (κ3) is 2.80. The van der Waals surface area contributed by atoms with Gasteiger partial charge in [0.25, 0.3) is 0 Å². The molecule has 1 aromatic rings. The van der Waals surface area contributed by atoms with E-state index in [1.54, 1.807) is 0 Å². The quantitative estimate of drug-likeness (QED) is 0.746. The average Bonchev–Trinajstić information content (AvgIpc) is 2.83. The zero-order chi connectivity index (χ0) is 13.0. The molecule has 18 heavy (non-hydrogen) atoms. The molecule has 1 heterocycles. The van der Waals surface area contributed by atoms with Gasteiger partial charge in [0, 0.05) is 16.3 Å². The van der Waals surface area contributed by atoms with Gasteiger partial charge in [-0.2, -0.15) is 0 Å². The van der Waals surface area contributed by atoms with Crippen LogP contribution in [0.1, 0.15) is 45.1 Å². The summed E-state index contributed by atoms with van der Waals surface area (Å²) in [6, 6.07) is 10.8. The Hall–Kier alpha value is -0.760. The minimum atomic E-state index is 0.182. The van der Waals surface area contributed by atoms with Gasteiger partial charge in [-0.1, -0.05) is 66.0 Å². The fraction of sp³-hybridized carbons (Fsp3) is 0.500. The molecule has 0 aliphatic carbocycles. The molecule has 0 amide bonds. The summed E-state index contributed by atoms with van der Waals surface area (Å²) in [7, 11) is 0. The highest BCUT2D eigenvalue weighted by molar-refractivity contribution is 9.11. The first-order valence-electron chi connectivity index (χ1n) is 6.71. The van der Waals surface area contributed by atoms with Crippen LogP contribution >= 0.6 is 15.9 Å². The van der Waals surface area contributed by atoms with Gasteiger partial charge in [0.1, 0.15) is 5.76 Å². The van der Waals surface area contributed by atoms with Crippen molar-refractivity contribution >= 4 is 15.9 Å². The molecule has 0 bridgehead atoms. The van der Waals surface area contributed by atoms with Crippen LogP contribution in [-0.4, -0.2) is 6.61 Å². The van der Waals surface area contributed by atoms with Gasteiger partial charge in [0.15, 0.2) is 0 Å². The molecule has 1 fully saturated rings. The van der Waals surface area contributed by atoms with Crippen molar-refractivity contribution in [3.63, 3.8) is 0 Å². The van der Waals surface area contributed by atoms with Gasteiger partial charge >= 0.3 is 0 Å². The molecular formula is C16H21BrO. The summed E-state index contributed by atoms with van der Waals surface area (Å²) in [4.78, 5) is 0. The smallest absolute Gasteiger partial charge is 0.107 e. The average molecular weight is 309 g/mol. The van der Waals surface area contributed by atoms with E-state index in [1.165, 1.54) is 24.8 Å². The molecule has 1 aliphatic rings. The van der Waals surface area contributed by atoms with Crippen LogP contribution in [0.3, 0.4) is 0 Å². The number of hydrogen-bond donors (Lipinski definition) is 0. The summed E-state index contributed by atoms with van der Waals surface area (Å²) < 4.78 is 7.05. The molecule has 1 unspecified atom stereocenters. The normalized spacial score (nSPS) is 25.9. The molecule has 0 N–H and O–H groups in total. The molecule has 0 aromatic heterocycles.